The van der Waals surface area contributed by atoms with Crippen LogP contribution in [0.5, 0.6) is 0 Å². The molecule has 0 unspecified atom stereocenters. The van der Waals surface area contributed by atoms with Crippen LogP contribution in [0, 0.1) is 5.92 Å². The van der Waals surface area contributed by atoms with Crippen molar-refractivity contribution in [2.45, 2.75) is 20.4 Å². The summed E-state index contributed by atoms with van der Waals surface area (Å²) >= 11 is 0. The molecule has 3 nitrogen and oxygen atoms in total. The largest absolute Gasteiger partial charge is 0.307 e. The van der Waals surface area contributed by atoms with Crippen LogP contribution in [0.4, 0.5) is 0 Å². The van der Waals surface area contributed by atoms with Crippen molar-refractivity contribution in [3.8, 4) is 11.3 Å². The van der Waals surface area contributed by atoms with E-state index in [9.17, 15) is 9.59 Å². The van der Waals surface area contributed by atoms with E-state index in [0.29, 0.717) is 18.7 Å². The van der Waals surface area contributed by atoms with E-state index in [4.69, 9.17) is 0 Å². The van der Waals surface area contributed by atoms with Gasteiger partial charge in [-0.25, -0.2) is 0 Å². The molecule has 0 atom stereocenters. The lowest BCUT2D eigenvalue weighted by Crippen LogP contribution is -2.26. The average molecular weight is 255 g/mol. The minimum absolute atomic E-state index is 0.209. The van der Waals surface area contributed by atoms with Crippen molar-refractivity contribution in [2.24, 2.45) is 5.92 Å². The molecule has 1 aromatic carbocycles. The molecule has 19 heavy (non-hydrogen) atoms. The molecule has 0 aliphatic carbocycles. The van der Waals surface area contributed by atoms with Crippen molar-refractivity contribution < 1.29 is 4.79 Å². The van der Waals surface area contributed by atoms with Gasteiger partial charge in [0.15, 0.2) is 6.29 Å². The molecule has 0 aliphatic rings. The van der Waals surface area contributed by atoms with Crippen LogP contribution in [0.1, 0.15) is 24.2 Å². The molecule has 0 N–H and O–H groups in total. The molecular formula is C16H17NO2. The molecule has 0 fully saturated rings. The van der Waals surface area contributed by atoms with Gasteiger partial charge in [-0.1, -0.05) is 44.2 Å². The zero-order chi connectivity index (χ0) is 13.8. The van der Waals surface area contributed by atoms with Gasteiger partial charge in [-0.05, 0) is 23.6 Å². The fourth-order valence-electron chi connectivity index (χ4n) is 2.09. The van der Waals surface area contributed by atoms with E-state index in [2.05, 4.69) is 13.8 Å². The van der Waals surface area contributed by atoms with Crippen LogP contribution in [0.15, 0.2) is 47.3 Å². The van der Waals surface area contributed by atoms with Crippen molar-refractivity contribution >= 4 is 6.29 Å². The highest BCUT2D eigenvalue weighted by Crippen LogP contribution is 2.18. The Morgan fingerprint density at radius 1 is 1.11 bits per heavy atom. The van der Waals surface area contributed by atoms with Gasteiger partial charge in [0, 0.05) is 6.54 Å². The third-order valence-electron chi connectivity index (χ3n) is 2.95. The monoisotopic (exact) mass is 255 g/mol. The Labute approximate surface area is 112 Å². The van der Waals surface area contributed by atoms with Gasteiger partial charge in [-0.2, -0.15) is 0 Å². The van der Waals surface area contributed by atoms with Gasteiger partial charge in [0.05, 0.1) is 11.3 Å². The van der Waals surface area contributed by atoms with Crippen LogP contribution in [0.2, 0.25) is 0 Å². The Kier molecular flexibility index (Phi) is 3.95. The molecule has 2 rings (SSSR count). The molecule has 3 heteroatoms. The lowest BCUT2D eigenvalue weighted by Gasteiger charge is -2.15. The number of nitrogens with zero attached hydrogens (tertiary/aromatic N) is 1. The number of rotatable bonds is 4. The van der Waals surface area contributed by atoms with E-state index >= 15 is 0 Å². The fourth-order valence-corrected chi connectivity index (χ4v) is 2.09. The minimum Gasteiger partial charge on any atom is -0.307 e. The Hall–Kier alpha value is -2.16. The van der Waals surface area contributed by atoms with E-state index in [1.807, 2.05) is 36.4 Å². The Bertz CT molecular complexity index is 627. The van der Waals surface area contributed by atoms with Crippen LogP contribution in [0.3, 0.4) is 0 Å². The van der Waals surface area contributed by atoms with Crippen LogP contribution in [0.25, 0.3) is 11.3 Å². The molecule has 2 aromatic rings. The Morgan fingerprint density at radius 3 is 2.37 bits per heavy atom. The molecule has 0 radical (unpaired) electrons. The maximum absolute atomic E-state index is 12.3. The third kappa shape index (κ3) is 2.81. The summed E-state index contributed by atoms with van der Waals surface area (Å²) in [6.45, 7) is 4.70. The molecule has 0 saturated carbocycles. The maximum atomic E-state index is 12.3. The highest BCUT2D eigenvalue weighted by atomic mass is 16.1. The molecule has 0 amide bonds. The van der Waals surface area contributed by atoms with Crippen LogP contribution in [-0.4, -0.2) is 10.9 Å². The van der Waals surface area contributed by atoms with Crippen molar-refractivity contribution in [2.75, 3.05) is 0 Å². The summed E-state index contributed by atoms with van der Waals surface area (Å²) < 4.78 is 1.68. The topological polar surface area (TPSA) is 39.1 Å². The van der Waals surface area contributed by atoms with Gasteiger partial charge in [-0.15, -0.1) is 0 Å². The number of pyridine rings is 1. The highest BCUT2D eigenvalue weighted by Gasteiger charge is 2.11. The molecule has 0 saturated heterocycles. The zero-order valence-electron chi connectivity index (χ0n) is 11.2. The summed E-state index contributed by atoms with van der Waals surface area (Å²) in [5.74, 6) is 0.335. The number of aldehydes is 1. The predicted molar refractivity (Wildman–Crippen MR) is 76.4 cm³/mol. The summed E-state index contributed by atoms with van der Waals surface area (Å²) in [5.41, 5.74) is 1.83. The van der Waals surface area contributed by atoms with Crippen molar-refractivity contribution in [3.05, 3.63) is 58.4 Å². The summed E-state index contributed by atoms with van der Waals surface area (Å²) in [4.78, 5) is 23.2. The van der Waals surface area contributed by atoms with Crippen LogP contribution < -0.4 is 5.56 Å². The standard InChI is InChI=1S/C16H17NO2/c1-12(2)10-17-15(13-6-4-3-5-7-13)9-8-14(11-18)16(17)19/h3-9,11-12H,10H2,1-2H3. The molecule has 1 heterocycles. The maximum Gasteiger partial charge on any atom is 0.261 e. The summed E-state index contributed by atoms with van der Waals surface area (Å²) in [5, 5.41) is 0. The van der Waals surface area contributed by atoms with E-state index in [1.54, 1.807) is 10.6 Å². The van der Waals surface area contributed by atoms with E-state index in [1.165, 1.54) is 0 Å². The SMILES string of the molecule is CC(C)Cn1c(-c2ccccc2)ccc(C=O)c1=O. The molecule has 98 valence electrons. The lowest BCUT2D eigenvalue weighted by atomic mass is 10.1. The predicted octanol–water partition coefficient (Wildman–Crippen LogP) is 2.98. The Balaban J connectivity index is 2.64. The number of aromatic nitrogens is 1. The first-order valence-electron chi connectivity index (χ1n) is 6.38. The quantitative estimate of drug-likeness (QED) is 0.788. The van der Waals surface area contributed by atoms with Gasteiger partial charge < -0.3 is 4.57 Å². The molecule has 0 aliphatic heterocycles. The van der Waals surface area contributed by atoms with E-state index < -0.39 is 0 Å². The van der Waals surface area contributed by atoms with Crippen molar-refractivity contribution in [1.82, 2.24) is 4.57 Å². The second-order valence-electron chi connectivity index (χ2n) is 4.97. The van der Waals surface area contributed by atoms with E-state index in [-0.39, 0.29) is 11.1 Å². The van der Waals surface area contributed by atoms with Crippen LogP contribution in [-0.2, 0) is 6.54 Å². The third-order valence-corrected chi connectivity index (χ3v) is 2.95. The van der Waals surface area contributed by atoms with E-state index in [0.717, 1.165) is 11.3 Å². The number of carbonyl (C=O) groups excluding carboxylic acids is 1. The van der Waals surface area contributed by atoms with Gasteiger partial charge in [-0.3, -0.25) is 9.59 Å². The fraction of sp³-hybridized carbons (Fsp3) is 0.250. The average Bonchev–Trinajstić information content (AvgIpc) is 2.41. The van der Waals surface area contributed by atoms with Crippen molar-refractivity contribution in [3.63, 3.8) is 0 Å². The first-order chi connectivity index (χ1) is 9.13. The van der Waals surface area contributed by atoms with Crippen LogP contribution >= 0.6 is 0 Å². The number of carbonyl (C=O) groups is 1. The van der Waals surface area contributed by atoms with Gasteiger partial charge >= 0.3 is 0 Å². The van der Waals surface area contributed by atoms with Crippen molar-refractivity contribution in [1.29, 1.82) is 0 Å². The molecular weight excluding hydrogens is 238 g/mol. The second-order valence-corrected chi connectivity index (χ2v) is 4.97. The highest BCUT2D eigenvalue weighted by molar-refractivity contribution is 5.75. The molecule has 0 bridgehead atoms. The number of hydrogen-bond donors (Lipinski definition) is 0. The first kappa shape index (κ1) is 13.3. The van der Waals surface area contributed by atoms with Gasteiger partial charge in [0.1, 0.15) is 0 Å². The number of benzene rings is 1. The molecule has 0 spiro atoms. The van der Waals surface area contributed by atoms with Gasteiger partial charge in [0.25, 0.3) is 5.56 Å². The normalized spacial score (nSPS) is 10.7. The number of hydrogen-bond acceptors (Lipinski definition) is 2. The lowest BCUT2D eigenvalue weighted by molar-refractivity contribution is 0.112. The van der Waals surface area contributed by atoms with Gasteiger partial charge in [0.2, 0.25) is 0 Å². The smallest absolute Gasteiger partial charge is 0.261 e. The second kappa shape index (κ2) is 5.65. The first-order valence-corrected chi connectivity index (χ1v) is 6.38. The summed E-state index contributed by atoms with van der Waals surface area (Å²) in [6, 6.07) is 13.2. The zero-order valence-corrected chi connectivity index (χ0v) is 11.2. The Morgan fingerprint density at radius 2 is 1.79 bits per heavy atom. The summed E-state index contributed by atoms with van der Waals surface area (Å²) in [7, 11) is 0. The molecule has 1 aromatic heterocycles. The minimum atomic E-state index is -0.218. The summed E-state index contributed by atoms with van der Waals surface area (Å²) in [6.07, 6.45) is 0.619.